The summed E-state index contributed by atoms with van der Waals surface area (Å²) in [4.78, 5) is 11.1. The van der Waals surface area contributed by atoms with E-state index in [1.807, 2.05) is 12.1 Å². The van der Waals surface area contributed by atoms with E-state index in [0.29, 0.717) is 0 Å². The van der Waals surface area contributed by atoms with Gasteiger partial charge in [0.05, 0.1) is 0 Å². The van der Waals surface area contributed by atoms with Gasteiger partial charge in [0.25, 0.3) is 0 Å². The van der Waals surface area contributed by atoms with Crippen LogP contribution in [0.1, 0.15) is 28.4 Å². The summed E-state index contributed by atoms with van der Waals surface area (Å²) in [6.45, 7) is 3.57. The molecular weight excluding hydrogens is 198 g/mol. The van der Waals surface area contributed by atoms with Crippen LogP contribution < -0.4 is 5.32 Å². The van der Waals surface area contributed by atoms with Crippen LogP contribution in [-0.4, -0.2) is 12.3 Å². The van der Waals surface area contributed by atoms with Crippen LogP contribution in [-0.2, 0) is 13.0 Å². The highest BCUT2D eigenvalue weighted by Gasteiger charge is 2.09. The number of fused-ring (bicyclic) bond motifs is 1. The van der Waals surface area contributed by atoms with E-state index < -0.39 is 0 Å². The molecule has 2 rings (SSSR count). The predicted molar refractivity (Wildman–Crippen MR) is 59.1 cm³/mol. The van der Waals surface area contributed by atoms with Gasteiger partial charge in [-0.25, -0.2) is 0 Å². The van der Waals surface area contributed by atoms with Crippen molar-refractivity contribution in [2.75, 3.05) is 6.54 Å². The van der Waals surface area contributed by atoms with Crippen molar-refractivity contribution in [1.82, 2.24) is 5.32 Å². The number of carbonyl (C=O) groups excluding carboxylic acids is 1. The fraction of sp³-hybridized carbons (Fsp3) is 0.364. The van der Waals surface area contributed by atoms with Crippen molar-refractivity contribution in [1.29, 1.82) is 0 Å². The summed E-state index contributed by atoms with van der Waals surface area (Å²) < 4.78 is 0. The summed E-state index contributed by atoms with van der Waals surface area (Å²) in [5.74, 6) is 0.154. The van der Waals surface area contributed by atoms with Gasteiger partial charge in [-0.3, -0.25) is 4.79 Å². The van der Waals surface area contributed by atoms with Crippen molar-refractivity contribution in [3.63, 3.8) is 0 Å². The molecule has 0 amide bonds. The van der Waals surface area contributed by atoms with Gasteiger partial charge in [0, 0.05) is 12.1 Å². The predicted octanol–water partition coefficient (Wildman–Crippen LogP) is 1.96. The smallest absolute Gasteiger partial charge is 0.159 e. The molecule has 0 spiro atoms. The Morgan fingerprint density at radius 2 is 2.14 bits per heavy atom. The van der Waals surface area contributed by atoms with Crippen molar-refractivity contribution in [3.05, 3.63) is 34.9 Å². The van der Waals surface area contributed by atoms with E-state index in [-0.39, 0.29) is 18.2 Å². The fourth-order valence-corrected chi connectivity index (χ4v) is 1.70. The van der Waals surface area contributed by atoms with Crippen LogP contribution in [0.5, 0.6) is 0 Å². The van der Waals surface area contributed by atoms with Crippen molar-refractivity contribution < 1.29 is 4.79 Å². The highest BCUT2D eigenvalue weighted by atomic mass is 35.5. The van der Waals surface area contributed by atoms with Crippen LogP contribution in [0.4, 0.5) is 0 Å². The first-order chi connectivity index (χ1) is 6.27. The van der Waals surface area contributed by atoms with E-state index in [1.165, 1.54) is 11.1 Å². The average Bonchev–Trinajstić information content (AvgIpc) is 2.17. The van der Waals surface area contributed by atoms with Gasteiger partial charge < -0.3 is 5.32 Å². The van der Waals surface area contributed by atoms with Gasteiger partial charge in [0.15, 0.2) is 5.78 Å². The van der Waals surface area contributed by atoms with Gasteiger partial charge in [-0.1, -0.05) is 12.1 Å². The minimum absolute atomic E-state index is 0. The van der Waals surface area contributed by atoms with E-state index in [1.54, 1.807) is 6.92 Å². The maximum atomic E-state index is 11.1. The molecule has 1 heterocycles. The minimum atomic E-state index is 0. The summed E-state index contributed by atoms with van der Waals surface area (Å²) in [7, 11) is 0. The number of halogens is 1. The van der Waals surface area contributed by atoms with E-state index in [2.05, 4.69) is 11.4 Å². The molecule has 0 bridgehead atoms. The lowest BCUT2D eigenvalue weighted by Crippen LogP contribution is -2.23. The lowest BCUT2D eigenvalue weighted by molar-refractivity contribution is 0.101. The molecule has 3 heteroatoms. The van der Waals surface area contributed by atoms with Crippen LogP contribution in [0.25, 0.3) is 0 Å². The minimum Gasteiger partial charge on any atom is -0.312 e. The molecule has 1 aliphatic rings. The normalized spacial score (nSPS) is 14.1. The van der Waals surface area contributed by atoms with E-state index in [0.717, 1.165) is 25.1 Å². The second-order valence-electron chi connectivity index (χ2n) is 3.47. The molecule has 0 aliphatic carbocycles. The van der Waals surface area contributed by atoms with E-state index in [9.17, 15) is 4.79 Å². The van der Waals surface area contributed by atoms with Crippen molar-refractivity contribution in [2.24, 2.45) is 0 Å². The SMILES string of the molecule is CC(=O)c1ccc2c(c1)CCNC2.Cl. The maximum Gasteiger partial charge on any atom is 0.159 e. The summed E-state index contributed by atoms with van der Waals surface area (Å²) in [6.07, 6.45) is 1.04. The molecule has 14 heavy (non-hydrogen) atoms. The van der Waals surface area contributed by atoms with Crippen LogP contribution >= 0.6 is 12.4 Å². The Morgan fingerprint density at radius 3 is 2.86 bits per heavy atom. The highest BCUT2D eigenvalue weighted by Crippen LogP contribution is 2.15. The maximum absolute atomic E-state index is 11.1. The molecule has 0 aromatic heterocycles. The first-order valence-corrected chi connectivity index (χ1v) is 4.61. The summed E-state index contributed by atoms with van der Waals surface area (Å²) in [5, 5.41) is 3.30. The molecule has 1 aromatic rings. The number of carbonyl (C=O) groups is 1. The summed E-state index contributed by atoms with van der Waals surface area (Å²) in [5.41, 5.74) is 3.49. The van der Waals surface area contributed by atoms with Crippen molar-refractivity contribution in [2.45, 2.75) is 19.9 Å². The number of hydrogen-bond donors (Lipinski definition) is 1. The van der Waals surface area contributed by atoms with Crippen molar-refractivity contribution >= 4 is 18.2 Å². The number of rotatable bonds is 1. The van der Waals surface area contributed by atoms with Gasteiger partial charge in [-0.05, 0) is 37.1 Å². The lowest BCUT2D eigenvalue weighted by Gasteiger charge is -2.17. The molecular formula is C11H14ClNO. The standard InChI is InChI=1S/C11H13NO.ClH/c1-8(13)9-2-3-11-7-12-5-4-10(11)6-9;/h2-3,6,12H,4-5,7H2,1H3;1H. The molecule has 0 unspecified atom stereocenters. The van der Waals surface area contributed by atoms with Crippen LogP contribution in [0, 0.1) is 0 Å². The molecule has 0 saturated heterocycles. The van der Waals surface area contributed by atoms with Gasteiger partial charge >= 0.3 is 0 Å². The molecule has 1 aromatic carbocycles. The third-order valence-corrected chi connectivity index (χ3v) is 2.50. The van der Waals surface area contributed by atoms with Crippen LogP contribution in [0.3, 0.4) is 0 Å². The lowest BCUT2D eigenvalue weighted by atomic mass is 9.97. The zero-order valence-corrected chi connectivity index (χ0v) is 8.99. The quantitative estimate of drug-likeness (QED) is 0.720. The Bertz CT molecular complexity index is 349. The second-order valence-corrected chi connectivity index (χ2v) is 3.47. The van der Waals surface area contributed by atoms with Gasteiger partial charge in [-0.15, -0.1) is 12.4 Å². The largest absolute Gasteiger partial charge is 0.312 e. The molecule has 0 saturated carbocycles. The first kappa shape index (κ1) is 11.2. The summed E-state index contributed by atoms with van der Waals surface area (Å²) in [6, 6.07) is 5.99. The highest BCUT2D eigenvalue weighted by molar-refractivity contribution is 5.94. The Hall–Kier alpha value is -0.860. The monoisotopic (exact) mass is 211 g/mol. The van der Waals surface area contributed by atoms with Gasteiger partial charge in [0.1, 0.15) is 0 Å². The number of nitrogens with one attached hydrogen (secondary N) is 1. The second kappa shape index (κ2) is 4.58. The average molecular weight is 212 g/mol. The Kier molecular flexibility index (Phi) is 3.67. The zero-order valence-electron chi connectivity index (χ0n) is 8.17. The Morgan fingerprint density at radius 1 is 1.36 bits per heavy atom. The number of hydrogen-bond acceptors (Lipinski definition) is 2. The Balaban J connectivity index is 0.000000980. The molecule has 76 valence electrons. The van der Waals surface area contributed by atoms with E-state index >= 15 is 0 Å². The molecule has 0 atom stereocenters. The van der Waals surface area contributed by atoms with Crippen LogP contribution in [0.15, 0.2) is 18.2 Å². The molecule has 0 fully saturated rings. The molecule has 2 nitrogen and oxygen atoms in total. The summed E-state index contributed by atoms with van der Waals surface area (Å²) >= 11 is 0. The van der Waals surface area contributed by atoms with E-state index in [4.69, 9.17) is 0 Å². The fourth-order valence-electron chi connectivity index (χ4n) is 1.70. The van der Waals surface area contributed by atoms with Crippen molar-refractivity contribution in [3.8, 4) is 0 Å². The first-order valence-electron chi connectivity index (χ1n) is 4.61. The molecule has 1 N–H and O–H groups in total. The molecule has 0 radical (unpaired) electrons. The molecule has 1 aliphatic heterocycles. The number of Topliss-reactive ketones (excluding diaryl/α,β-unsaturated/α-hetero) is 1. The number of benzene rings is 1. The third kappa shape index (κ3) is 2.14. The van der Waals surface area contributed by atoms with Gasteiger partial charge in [0.2, 0.25) is 0 Å². The Labute approximate surface area is 90.1 Å². The van der Waals surface area contributed by atoms with Gasteiger partial charge in [-0.2, -0.15) is 0 Å². The topological polar surface area (TPSA) is 29.1 Å². The van der Waals surface area contributed by atoms with Crippen LogP contribution in [0.2, 0.25) is 0 Å². The number of ketones is 1. The third-order valence-electron chi connectivity index (χ3n) is 2.50. The zero-order chi connectivity index (χ0) is 9.26.